The molecule has 1 aliphatic heterocycles. The Morgan fingerprint density at radius 2 is 1.92 bits per heavy atom. The number of fused-ring (bicyclic) bond motifs is 1. The third kappa shape index (κ3) is 4.32. The maximum absolute atomic E-state index is 13.6. The summed E-state index contributed by atoms with van der Waals surface area (Å²) in [6, 6.07) is 13.4. The van der Waals surface area contributed by atoms with Crippen molar-refractivity contribution in [3.8, 4) is 5.88 Å². The molecule has 2 atom stereocenters. The molecule has 9 heteroatoms. The van der Waals surface area contributed by atoms with E-state index in [1.165, 1.54) is 11.8 Å². The number of amides is 2. The lowest BCUT2D eigenvalue weighted by atomic mass is 9.85. The molecule has 1 aromatic carbocycles. The van der Waals surface area contributed by atoms with E-state index in [4.69, 9.17) is 4.74 Å². The Morgan fingerprint density at radius 1 is 1.14 bits per heavy atom. The summed E-state index contributed by atoms with van der Waals surface area (Å²) in [4.78, 5) is 33.1. The zero-order chi connectivity index (χ0) is 25.4. The van der Waals surface area contributed by atoms with Gasteiger partial charge in [0.1, 0.15) is 11.3 Å². The number of methoxy groups -OCH3 is 1. The molecular formula is C27H30N6O3. The topological polar surface area (TPSA) is 93.8 Å². The number of pyridine rings is 1. The fraction of sp³-hybridized carbons (Fsp3) is 0.333. The summed E-state index contributed by atoms with van der Waals surface area (Å²) in [5.74, 6) is 0.108. The number of hydrogen-bond donors (Lipinski definition) is 1. The van der Waals surface area contributed by atoms with Crippen LogP contribution < -0.4 is 10.1 Å². The molecule has 36 heavy (non-hydrogen) atoms. The van der Waals surface area contributed by atoms with Crippen molar-refractivity contribution in [3.05, 3.63) is 82.9 Å². The van der Waals surface area contributed by atoms with Gasteiger partial charge in [0.05, 0.1) is 12.7 Å². The number of benzene rings is 1. The number of piperidine rings is 1. The van der Waals surface area contributed by atoms with Gasteiger partial charge in [-0.25, -0.2) is 4.98 Å². The van der Waals surface area contributed by atoms with Gasteiger partial charge in [-0.15, -0.1) is 5.10 Å². The molecule has 0 saturated carbocycles. The Hall–Kier alpha value is -4.14. The Morgan fingerprint density at radius 3 is 2.64 bits per heavy atom. The molecule has 1 aliphatic rings. The summed E-state index contributed by atoms with van der Waals surface area (Å²) >= 11 is 0. The number of aryl methyl sites for hydroxylation is 3. The highest BCUT2D eigenvalue weighted by Gasteiger charge is 2.34. The third-order valence-corrected chi connectivity index (χ3v) is 6.97. The quantitative estimate of drug-likeness (QED) is 0.468. The SMILES string of the molecule is COc1cc(C(=O)N[C@@H]2CCN(C(=O)c3cc(C)c4ncc(C)n4c3)C[C@@H]2c2ccccc2)n(C)n1. The van der Waals surface area contributed by atoms with Crippen LogP contribution in [-0.4, -0.2) is 62.1 Å². The summed E-state index contributed by atoms with van der Waals surface area (Å²) in [5.41, 5.74) is 4.95. The second-order valence-corrected chi connectivity index (χ2v) is 9.34. The molecular weight excluding hydrogens is 456 g/mol. The Kier molecular flexibility index (Phi) is 6.22. The first-order valence-electron chi connectivity index (χ1n) is 12.0. The van der Waals surface area contributed by atoms with Gasteiger partial charge >= 0.3 is 0 Å². The summed E-state index contributed by atoms with van der Waals surface area (Å²) < 4.78 is 8.64. The molecule has 4 heterocycles. The van der Waals surface area contributed by atoms with Gasteiger partial charge < -0.3 is 19.4 Å². The largest absolute Gasteiger partial charge is 0.480 e. The molecule has 2 amide bonds. The van der Waals surface area contributed by atoms with Crippen LogP contribution in [0.15, 0.2) is 54.9 Å². The average molecular weight is 487 g/mol. The third-order valence-electron chi connectivity index (χ3n) is 6.97. The fourth-order valence-corrected chi connectivity index (χ4v) is 5.02. The van der Waals surface area contributed by atoms with Gasteiger partial charge in [0, 0.05) is 56.3 Å². The Balaban J connectivity index is 1.40. The number of imidazole rings is 1. The van der Waals surface area contributed by atoms with Gasteiger partial charge in [-0.3, -0.25) is 14.3 Å². The van der Waals surface area contributed by atoms with Crippen LogP contribution in [0.1, 0.15) is 50.0 Å². The number of nitrogens with zero attached hydrogens (tertiary/aromatic N) is 5. The molecule has 0 aliphatic carbocycles. The van der Waals surface area contributed by atoms with Gasteiger partial charge in [0.25, 0.3) is 11.8 Å². The van der Waals surface area contributed by atoms with Gasteiger partial charge in [-0.2, -0.15) is 0 Å². The van der Waals surface area contributed by atoms with E-state index in [2.05, 4.69) is 27.5 Å². The molecule has 9 nitrogen and oxygen atoms in total. The monoisotopic (exact) mass is 486 g/mol. The lowest BCUT2D eigenvalue weighted by Crippen LogP contribution is -2.51. The summed E-state index contributed by atoms with van der Waals surface area (Å²) in [6.07, 6.45) is 4.32. The van der Waals surface area contributed by atoms with Gasteiger partial charge in [0.2, 0.25) is 5.88 Å². The van der Waals surface area contributed by atoms with Crippen LogP contribution >= 0.6 is 0 Å². The molecule has 0 spiro atoms. The van der Waals surface area contributed by atoms with E-state index >= 15 is 0 Å². The van der Waals surface area contributed by atoms with Crippen LogP contribution in [0, 0.1) is 13.8 Å². The van der Waals surface area contributed by atoms with Crippen LogP contribution in [0.25, 0.3) is 5.65 Å². The van der Waals surface area contributed by atoms with Crippen molar-refractivity contribution in [2.24, 2.45) is 7.05 Å². The molecule has 186 valence electrons. The molecule has 3 aromatic heterocycles. The fourth-order valence-electron chi connectivity index (χ4n) is 5.02. The molecule has 1 fully saturated rings. The number of carbonyl (C=O) groups excluding carboxylic acids is 2. The van der Waals surface area contributed by atoms with E-state index in [1.54, 1.807) is 13.1 Å². The lowest BCUT2D eigenvalue weighted by molar-refractivity contribution is 0.0670. The van der Waals surface area contributed by atoms with E-state index in [9.17, 15) is 9.59 Å². The minimum atomic E-state index is -0.212. The second kappa shape index (κ2) is 9.49. The lowest BCUT2D eigenvalue weighted by Gasteiger charge is -2.39. The minimum absolute atomic E-state index is 0.0184. The zero-order valence-corrected chi connectivity index (χ0v) is 20.9. The number of nitrogens with one attached hydrogen (secondary N) is 1. The van der Waals surface area contributed by atoms with Crippen molar-refractivity contribution in [1.82, 2.24) is 29.4 Å². The van der Waals surface area contributed by atoms with Crippen LogP contribution in [0.3, 0.4) is 0 Å². The highest BCUT2D eigenvalue weighted by Crippen LogP contribution is 2.29. The standard InChI is InChI=1S/C27H30N6O3/c1-17-12-20(15-33-18(2)14-28-25(17)33)27(35)32-11-10-22(21(16-32)19-8-6-5-7-9-19)29-26(34)23-13-24(36-4)30-31(23)3/h5-9,12-15,21-22H,10-11,16H2,1-4H3,(H,29,34)/t21-,22-/m1/s1. The molecule has 1 saturated heterocycles. The molecule has 1 N–H and O–H groups in total. The van der Waals surface area contributed by atoms with Gasteiger partial charge in [0.15, 0.2) is 0 Å². The summed E-state index contributed by atoms with van der Waals surface area (Å²) in [6.45, 7) is 5.00. The highest BCUT2D eigenvalue weighted by molar-refractivity contribution is 5.95. The van der Waals surface area contributed by atoms with Crippen molar-refractivity contribution in [2.45, 2.75) is 32.2 Å². The number of hydrogen-bond acceptors (Lipinski definition) is 5. The van der Waals surface area contributed by atoms with Crippen molar-refractivity contribution < 1.29 is 14.3 Å². The van der Waals surface area contributed by atoms with Gasteiger partial charge in [-0.1, -0.05) is 30.3 Å². The average Bonchev–Trinajstić information content (AvgIpc) is 3.46. The second-order valence-electron chi connectivity index (χ2n) is 9.34. The first kappa shape index (κ1) is 23.6. The molecule has 4 aromatic rings. The molecule has 0 unspecified atom stereocenters. The number of aromatic nitrogens is 4. The maximum Gasteiger partial charge on any atom is 0.269 e. The number of ether oxygens (including phenoxy) is 1. The van der Waals surface area contributed by atoms with Gasteiger partial charge in [-0.05, 0) is 37.5 Å². The maximum atomic E-state index is 13.6. The highest BCUT2D eigenvalue weighted by atomic mass is 16.5. The van der Waals surface area contributed by atoms with Crippen molar-refractivity contribution in [3.63, 3.8) is 0 Å². The van der Waals surface area contributed by atoms with E-state index in [0.29, 0.717) is 36.6 Å². The zero-order valence-electron chi connectivity index (χ0n) is 20.9. The van der Waals surface area contributed by atoms with Crippen molar-refractivity contribution in [2.75, 3.05) is 20.2 Å². The predicted octanol–water partition coefficient (Wildman–Crippen LogP) is 3.12. The van der Waals surface area contributed by atoms with E-state index in [-0.39, 0.29) is 23.8 Å². The van der Waals surface area contributed by atoms with E-state index in [1.807, 2.05) is 59.8 Å². The first-order chi connectivity index (χ1) is 17.4. The first-order valence-corrected chi connectivity index (χ1v) is 12.0. The van der Waals surface area contributed by atoms with Crippen LogP contribution in [-0.2, 0) is 7.05 Å². The number of likely N-dealkylation sites (tertiary alicyclic amines) is 1. The van der Waals surface area contributed by atoms with Crippen molar-refractivity contribution >= 4 is 17.5 Å². The summed E-state index contributed by atoms with van der Waals surface area (Å²) in [7, 11) is 3.24. The van der Waals surface area contributed by atoms with Crippen LogP contribution in [0.4, 0.5) is 0 Å². The van der Waals surface area contributed by atoms with Crippen LogP contribution in [0.5, 0.6) is 5.88 Å². The summed E-state index contributed by atoms with van der Waals surface area (Å²) in [5, 5.41) is 7.39. The van der Waals surface area contributed by atoms with Crippen molar-refractivity contribution in [1.29, 1.82) is 0 Å². The smallest absolute Gasteiger partial charge is 0.269 e. The van der Waals surface area contributed by atoms with E-state index < -0.39 is 0 Å². The number of carbonyl (C=O) groups is 2. The van der Waals surface area contributed by atoms with Crippen LogP contribution in [0.2, 0.25) is 0 Å². The minimum Gasteiger partial charge on any atom is -0.480 e. The Bertz CT molecular complexity index is 1420. The molecule has 5 rings (SSSR count). The molecule has 0 bridgehead atoms. The van der Waals surface area contributed by atoms with E-state index in [0.717, 1.165) is 22.5 Å². The Labute approximate surface area is 209 Å². The molecule has 0 radical (unpaired) electrons. The predicted molar refractivity (Wildman–Crippen MR) is 135 cm³/mol. The number of rotatable bonds is 5. The normalized spacial score (nSPS) is 17.8.